The third kappa shape index (κ3) is 5.13. The number of carboxylic acids is 2. The van der Waals surface area contributed by atoms with E-state index in [1.807, 2.05) is 0 Å². The first kappa shape index (κ1) is 12.4. The number of rotatable bonds is 2. The van der Waals surface area contributed by atoms with Crippen molar-refractivity contribution in [1.29, 1.82) is 0 Å². The summed E-state index contributed by atoms with van der Waals surface area (Å²) in [4.78, 5) is 28.4. The molecule has 1 aliphatic heterocycles. The van der Waals surface area contributed by atoms with E-state index in [1.54, 1.807) is 0 Å². The van der Waals surface area contributed by atoms with Crippen LogP contribution in [0.15, 0.2) is 0 Å². The molecule has 1 aliphatic rings. The summed E-state index contributed by atoms with van der Waals surface area (Å²) < 4.78 is 4.74. The zero-order valence-electron chi connectivity index (χ0n) is 7.73. The molecule has 0 aromatic rings. The second-order valence-corrected chi connectivity index (χ2v) is 2.71. The van der Waals surface area contributed by atoms with E-state index in [2.05, 4.69) is 6.92 Å². The molecule has 0 radical (unpaired) electrons. The van der Waals surface area contributed by atoms with Gasteiger partial charge >= 0.3 is 17.9 Å². The molecule has 1 unspecified atom stereocenters. The largest absolute Gasteiger partial charge is 0.473 e. The van der Waals surface area contributed by atoms with E-state index in [0.717, 1.165) is 12.8 Å². The van der Waals surface area contributed by atoms with Crippen LogP contribution < -0.4 is 0 Å². The Morgan fingerprint density at radius 1 is 1.43 bits per heavy atom. The molecule has 6 heteroatoms. The lowest BCUT2D eigenvalue weighted by molar-refractivity contribution is -0.169. The standard InChI is InChI=1S/C6H10O2.C2H2O4/c1-2-3-5-4-6(7)8-5;3-1(4)2(5)6/h5H,2-4H2,1H3;(H,3,4)(H,5,6). The highest BCUT2D eigenvalue weighted by Crippen LogP contribution is 2.17. The monoisotopic (exact) mass is 204 g/mol. The molecule has 1 heterocycles. The number of aliphatic carboxylic acids is 2. The van der Waals surface area contributed by atoms with Gasteiger partial charge < -0.3 is 14.9 Å². The van der Waals surface area contributed by atoms with E-state index < -0.39 is 11.9 Å². The van der Waals surface area contributed by atoms with Crippen molar-refractivity contribution < 1.29 is 29.3 Å². The first-order valence-corrected chi connectivity index (χ1v) is 4.13. The van der Waals surface area contributed by atoms with E-state index >= 15 is 0 Å². The molecule has 0 bridgehead atoms. The summed E-state index contributed by atoms with van der Waals surface area (Å²) in [7, 11) is 0. The van der Waals surface area contributed by atoms with E-state index in [0.29, 0.717) is 6.42 Å². The van der Waals surface area contributed by atoms with Crippen LogP contribution in [0.3, 0.4) is 0 Å². The molecular formula is C8H12O6. The Balaban J connectivity index is 0.000000255. The number of hydrogen-bond acceptors (Lipinski definition) is 4. The van der Waals surface area contributed by atoms with Crippen molar-refractivity contribution in [2.75, 3.05) is 0 Å². The first-order valence-electron chi connectivity index (χ1n) is 4.13. The van der Waals surface area contributed by atoms with Crippen LogP contribution in [0.1, 0.15) is 26.2 Å². The SMILES string of the molecule is CCCC1CC(=O)O1.O=C(O)C(=O)O. The maximum Gasteiger partial charge on any atom is 0.414 e. The van der Waals surface area contributed by atoms with Crippen molar-refractivity contribution in [3.8, 4) is 0 Å². The molecule has 1 fully saturated rings. The van der Waals surface area contributed by atoms with Crippen molar-refractivity contribution >= 4 is 17.9 Å². The summed E-state index contributed by atoms with van der Waals surface area (Å²) in [6.07, 6.45) is 3.05. The highest BCUT2D eigenvalue weighted by atomic mass is 16.6. The fourth-order valence-corrected chi connectivity index (χ4v) is 0.845. The lowest BCUT2D eigenvalue weighted by Gasteiger charge is -2.24. The lowest BCUT2D eigenvalue weighted by atomic mass is 10.1. The van der Waals surface area contributed by atoms with Crippen LogP contribution in [-0.2, 0) is 19.1 Å². The molecule has 0 amide bonds. The first-order chi connectivity index (χ1) is 6.47. The van der Waals surface area contributed by atoms with Crippen molar-refractivity contribution in [3.05, 3.63) is 0 Å². The lowest BCUT2D eigenvalue weighted by Crippen LogP contribution is -2.32. The summed E-state index contributed by atoms with van der Waals surface area (Å²) in [5.74, 6) is -3.69. The number of ether oxygens (including phenoxy) is 1. The molecule has 1 rings (SSSR count). The summed E-state index contributed by atoms with van der Waals surface area (Å²) in [5.41, 5.74) is 0. The molecule has 0 aromatic heterocycles. The molecular weight excluding hydrogens is 192 g/mol. The van der Waals surface area contributed by atoms with Gasteiger partial charge in [-0.25, -0.2) is 9.59 Å². The average Bonchev–Trinajstić information content (AvgIpc) is 2.03. The molecule has 2 N–H and O–H groups in total. The van der Waals surface area contributed by atoms with Crippen LogP contribution in [0.4, 0.5) is 0 Å². The highest BCUT2D eigenvalue weighted by Gasteiger charge is 2.26. The number of carboxylic acid groups (broad SMARTS) is 2. The van der Waals surface area contributed by atoms with Crippen LogP contribution in [0.25, 0.3) is 0 Å². The Hall–Kier alpha value is -1.59. The Kier molecular flexibility index (Phi) is 5.28. The number of carbonyl (C=O) groups excluding carboxylic acids is 1. The number of hydrogen-bond donors (Lipinski definition) is 2. The molecule has 0 saturated carbocycles. The minimum atomic E-state index is -1.82. The highest BCUT2D eigenvalue weighted by molar-refractivity contribution is 6.27. The van der Waals surface area contributed by atoms with Gasteiger partial charge in [-0.15, -0.1) is 0 Å². The third-order valence-corrected chi connectivity index (χ3v) is 1.49. The van der Waals surface area contributed by atoms with E-state index in [-0.39, 0.29) is 12.1 Å². The van der Waals surface area contributed by atoms with Crippen molar-refractivity contribution in [1.82, 2.24) is 0 Å². The third-order valence-electron chi connectivity index (χ3n) is 1.49. The molecule has 1 atom stereocenters. The Morgan fingerprint density at radius 3 is 2.07 bits per heavy atom. The van der Waals surface area contributed by atoms with Gasteiger partial charge in [0.2, 0.25) is 0 Å². The minimum absolute atomic E-state index is 0.0385. The van der Waals surface area contributed by atoms with Gasteiger partial charge in [-0.1, -0.05) is 13.3 Å². The molecule has 14 heavy (non-hydrogen) atoms. The molecule has 6 nitrogen and oxygen atoms in total. The van der Waals surface area contributed by atoms with Gasteiger partial charge in [0.05, 0.1) is 6.42 Å². The smallest absolute Gasteiger partial charge is 0.414 e. The Morgan fingerprint density at radius 2 is 1.86 bits per heavy atom. The summed E-state index contributed by atoms with van der Waals surface area (Å²) in [6.45, 7) is 2.09. The summed E-state index contributed by atoms with van der Waals surface area (Å²) in [6, 6.07) is 0. The molecule has 80 valence electrons. The Labute approximate surface area is 80.5 Å². The van der Waals surface area contributed by atoms with Crippen LogP contribution in [0, 0.1) is 0 Å². The summed E-state index contributed by atoms with van der Waals surface area (Å²) >= 11 is 0. The van der Waals surface area contributed by atoms with Gasteiger partial charge in [0, 0.05) is 0 Å². The predicted octanol–water partition coefficient (Wildman–Crippen LogP) is 0.258. The molecule has 1 saturated heterocycles. The van der Waals surface area contributed by atoms with Crippen LogP contribution in [0.2, 0.25) is 0 Å². The van der Waals surface area contributed by atoms with Crippen LogP contribution in [-0.4, -0.2) is 34.2 Å². The average molecular weight is 204 g/mol. The molecule has 0 spiro atoms. The van der Waals surface area contributed by atoms with Gasteiger partial charge in [0.15, 0.2) is 0 Å². The van der Waals surface area contributed by atoms with Crippen LogP contribution in [0.5, 0.6) is 0 Å². The van der Waals surface area contributed by atoms with Crippen molar-refractivity contribution in [2.45, 2.75) is 32.3 Å². The van der Waals surface area contributed by atoms with Crippen molar-refractivity contribution in [3.63, 3.8) is 0 Å². The molecule has 0 aliphatic carbocycles. The normalized spacial score (nSPS) is 18.4. The van der Waals surface area contributed by atoms with Gasteiger partial charge in [-0.2, -0.15) is 0 Å². The Bertz CT molecular complexity index is 214. The number of esters is 1. The molecule has 0 aromatic carbocycles. The second-order valence-electron chi connectivity index (χ2n) is 2.71. The fourth-order valence-electron chi connectivity index (χ4n) is 0.845. The second kappa shape index (κ2) is 5.95. The van der Waals surface area contributed by atoms with Crippen molar-refractivity contribution in [2.24, 2.45) is 0 Å². The van der Waals surface area contributed by atoms with Gasteiger partial charge in [-0.3, -0.25) is 4.79 Å². The quantitative estimate of drug-likeness (QED) is 0.494. The van der Waals surface area contributed by atoms with Gasteiger partial charge in [0.25, 0.3) is 0 Å². The van der Waals surface area contributed by atoms with E-state index in [9.17, 15) is 4.79 Å². The van der Waals surface area contributed by atoms with Gasteiger partial charge in [-0.05, 0) is 6.42 Å². The minimum Gasteiger partial charge on any atom is -0.473 e. The zero-order valence-corrected chi connectivity index (χ0v) is 7.73. The predicted molar refractivity (Wildman–Crippen MR) is 44.7 cm³/mol. The number of cyclic esters (lactones) is 1. The maximum absolute atomic E-state index is 10.2. The summed E-state index contributed by atoms with van der Waals surface area (Å²) in [5, 5.41) is 14.8. The van der Waals surface area contributed by atoms with Crippen LogP contribution >= 0.6 is 0 Å². The van der Waals surface area contributed by atoms with E-state index in [1.165, 1.54) is 0 Å². The zero-order chi connectivity index (χ0) is 11.1. The fraction of sp³-hybridized carbons (Fsp3) is 0.625. The van der Waals surface area contributed by atoms with Gasteiger partial charge in [0.1, 0.15) is 6.10 Å². The topological polar surface area (TPSA) is 101 Å². The number of carbonyl (C=O) groups is 3. The van der Waals surface area contributed by atoms with E-state index in [4.69, 9.17) is 24.5 Å². The maximum atomic E-state index is 10.2.